The maximum Gasteiger partial charge on any atom is 0.251 e. The zero-order valence-electron chi connectivity index (χ0n) is 15.5. The Morgan fingerprint density at radius 1 is 1.10 bits per heavy atom. The van der Waals surface area contributed by atoms with Crippen LogP contribution >= 0.6 is 0 Å². The van der Waals surface area contributed by atoms with E-state index < -0.39 is 15.8 Å². The smallest absolute Gasteiger partial charge is 0.251 e. The van der Waals surface area contributed by atoms with Crippen molar-refractivity contribution in [2.75, 3.05) is 17.2 Å². The maximum atomic E-state index is 14.2. The van der Waals surface area contributed by atoms with Gasteiger partial charge in [0.2, 0.25) is 16.0 Å². The molecule has 3 aromatic rings. The normalized spacial score (nSPS) is 13.3. The molecule has 1 aliphatic heterocycles. The molecule has 0 atom stereocenters. The van der Waals surface area contributed by atoms with Gasteiger partial charge < -0.3 is 16.0 Å². The first-order valence-electron chi connectivity index (χ1n) is 8.90. The van der Waals surface area contributed by atoms with E-state index >= 15 is 0 Å². The van der Waals surface area contributed by atoms with Gasteiger partial charge in [0.1, 0.15) is 0 Å². The molecule has 1 aromatic heterocycles. The van der Waals surface area contributed by atoms with Gasteiger partial charge in [0.05, 0.1) is 11.1 Å². The van der Waals surface area contributed by atoms with Gasteiger partial charge in [0.25, 0.3) is 5.91 Å². The molecule has 0 aliphatic carbocycles. The van der Waals surface area contributed by atoms with Gasteiger partial charge >= 0.3 is 0 Å². The summed E-state index contributed by atoms with van der Waals surface area (Å²) < 4.78 is 37.2. The molecule has 1 amide bonds. The summed E-state index contributed by atoms with van der Waals surface area (Å²) in [6.07, 6.45) is 1.71. The number of carbonyl (C=O) groups is 1. The lowest BCUT2D eigenvalue weighted by Gasteiger charge is -2.17. The zero-order valence-corrected chi connectivity index (χ0v) is 16.3. The topological polar surface area (TPSA) is 139 Å². The second-order valence-electron chi connectivity index (χ2n) is 6.59. The SMILES string of the molecule is NS(=O)(=O)c1cccc(Nc2ncc(F)c(Nc3ccc4c(c3)C(=O)NCC4)n2)c1. The molecule has 0 fully saturated rings. The molecule has 5 N–H and O–H groups in total. The van der Waals surface area contributed by atoms with Gasteiger partial charge in [-0.2, -0.15) is 4.98 Å². The molecule has 1 aliphatic rings. The van der Waals surface area contributed by atoms with E-state index in [2.05, 4.69) is 25.9 Å². The highest BCUT2D eigenvalue weighted by Gasteiger charge is 2.17. The summed E-state index contributed by atoms with van der Waals surface area (Å²) in [4.78, 5) is 19.9. The minimum atomic E-state index is -3.87. The number of benzene rings is 2. The Morgan fingerprint density at radius 2 is 1.90 bits per heavy atom. The van der Waals surface area contributed by atoms with E-state index in [-0.39, 0.29) is 22.6 Å². The Bertz CT molecular complexity index is 1250. The molecule has 30 heavy (non-hydrogen) atoms. The number of primary sulfonamides is 1. The molecule has 0 bridgehead atoms. The lowest BCUT2D eigenvalue weighted by molar-refractivity contribution is 0.0946. The number of halogens is 1. The average Bonchev–Trinajstić information content (AvgIpc) is 2.71. The average molecular weight is 428 g/mol. The van der Waals surface area contributed by atoms with E-state index in [1.54, 1.807) is 18.2 Å². The van der Waals surface area contributed by atoms with Crippen molar-refractivity contribution >= 4 is 39.1 Å². The third-order valence-corrected chi connectivity index (χ3v) is 5.37. The van der Waals surface area contributed by atoms with Gasteiger partial charge in [-0.05, 0) is 42.3 Å². The molecule has 0 saturated carbocycles. The number of carbonyl (C=O) groups excluding carboxylic acids is 1. The fourth-order valence-corrected chi connectivity index (χ4v) is 3.58. The lowest BCUT2D eigenvalue weighted by atomic mass is 10.00. The monoisotopic (exact) mass is 428 g/mol. The minimum Gasteiger partial charge on any atom is -0.352 e. The molecule has 0 saturated heterocycles. The first-order valence-corrected chi connectivity index (χ1v) is 10.4. The highest BCUT2D eigenvalue weighted by molar-refractivity contribution is 7.89. The summed E-state index contributed by atoms with van der Waals surface area (Å²) in [6.45, 7) is 0.584. The predicted molar refractivity (Wildman–Crippen MR) is 109 cm³/mol. The third-order valence-electron chi connectivity index (χ3n) is 4.46. The van der Waals surface area contributed by atoms with Crippen LogP contribution in [0, 0.1) is 5.82 Å². The van der Waals surface area contributed by atoms with Crippen LogP contribution in [0.1, 0.15) is 15.9 Å². The van der Waals surface area contributed by atoms with E-state index in [4.69, 9.17) is 5.14 Å². The molecule has 154 valence electrons. The molecular weight excluding hydrogens is 411 g/mol. The summed E-state index contributed by atoms with van der Waals surface area (Å²) >= 11 is 0. The fraction of sp³-hybridized carbons (Fsp3) is 0.105. The van der Waals surface area contributed by atoms with Crippen LogP contribution in [0.15, 0.2) is 53.6 Å². The van der Waals surface area contributed by atoms with Crippen molar-refractivity contribution in [3.05, 3.63) is 65.6 Å². The van der Waals surface area contributed by atoms with E-state index in [0.29, 0.717) is 23.5 Å². The van der Waals surface area contributed by atoms with Gasteiger partial charge in [-0.3, -0.25) is 4.79 Å². The minimum absolute atomic E-state index is 0.0428. The number of fused-ring (bicyclic) bond motifs is 1. The van der Waals surface area contributed by atoms with Crippen molar-refractivity contribution in [1.29, 1.82) is 0 Å². The fourth-order valence-electron chi connectivity index (χ4n) is 3.02. The quantitative estimate of drug-likeness (QED) is 0.488. The second-order valence-corrected chi connectivity index (χ2v) is 8.15. The lowest BCUT2D eigenvalue weighted by Crippen LogP contribution is -2.31. The number of amides is 1. The molecule has 0 spiro atoms. The number of sulfonamides is 1. The number of nitrogens with two attached hydrogens (primary N) is 1. The number of hydrogen-bond donors (Lipinski definition) is 4. The summed E-state index contributed by atoms with van der Waals surface area (Å²) in [5, 5.41) is 13.6. The number of anilines is 4. The van der Waals surface area contributed by atoms with Crippen LogP contribution in [0.3, 0.4) is 0 Å². The Kier molecular flexibility index (Phi) is 5.06. The number of rotatable bonds is 5. The first kappa shape index (κ1) is 19.7. The van der Waals surface area contributed by atoms with Crippen LogP contribution in [0.2, 0.25) is 0 Å². The van der Waals surface area contributed by atoms with Gasteiger partial charge in [0, 0.05) is 23.5 Å². The predicted octanol–water partition coefficient (Wildman–Crippen LogP) is 2.04. The third kappa shape index (κ3) is 4.21. The van der Waals surface area contributed by atoms with Crippen molar-refractivity contribution in [3.8, 4) is 0 Å². The Morgan fingerprint density at radius 3 is 2.70 bits per heavy atom. The summed E-state index contributed by atoms with van der Waals surface area (Å²) in [7, 11) is -3.87. The highest BCUT2D eigenvalue weighted by Crippen LogP contribution is 2.24. The molecule has 9 nitrogen and oxygen atoms in total. The zero-order chi connectivity index (χ0) is 21.3. The molecule has 0 unspecified atom stereocenters. The number of nitrogens with zero attached hydrogens (tertiary/aromatic N) is 2. The molecule has 11 heteroatoms. The van der Waals surface area contributed by atoms with Crippen molar-refractivity contribution < 1.29 is 17.6 Å². The second kappa shape index (κ2) is 7.69. The molecule has 4 rings (SSSR count). The first-order chi connectivity index (χ1) is 14.3. The van der Waals surface area contributed by atoms with Gasteiger partial charge in [-0.1, -0.05) is 12.1 Å². The van der Waals surface area contributed by atoms with Crippen molar-refractivity contribution in [2.45, 2.75) is 11.3 Å². The highest BCUT2D eigenvalue weighted by atomic mass is 32.2. The van der Waals surface area contributed by atoms with Crippen LogP contribution in [-0.4, -0.2) is 30.8 Å². The number of nitrogens with one attached hydrogen (secondary N) is 3. The number of aromatic nitrogens is 2. The maximum absolute atomic E-state index is 14.2. The van der Waals surface area contributed by atoms with Crippen molar-refractivity contribution in [2.24, 2.45) is 5.14 Å². The molecular formula is C19H17FN6O3S. The van der Waals surface area contributed by atoms with Crippen LogP contribution in [-0.2, 0) is 16.4 Å². The van der Waals surface area contributed by atoms with Crippen LogP contribution in [0.25, 0.3) is 0 Å². The van der Waals surface area contributed by atoms with E-state index in [1.165, 1.54) is 18.2 Å². The molecule has 0 radical (unpaired) electrons. The Hall–Kier alpha value is -3.57. The van der Waals surface area contributed by atoms with Crippen molar-refractivity contribution in [3.63, 3.8) is 0 Å². The van der Waals surface area contributed by atoms with Gasteiger partial charge in [0.15, 0.2) is 11.6 Å². The molecule has 2 aromatic carbocycles. The van der Waals surface area contributed by atoms with E-state index in [0.717, 1.165) is 18.2 Å². The van der Waals surface area contributed by atoms with Gasteiger partial charge in [-0.15, -0.1) is 0 Å². The van der Waals surface area contributed by atoms with Crippen LogP contribution < -0.4 is 21.1 Å². The summed E-state index contributed by atoms with van der Waals surface area (Å²) in [5.41, 5.74) is 2.30. The number of hydrogen-bond acceptors (Lipinski definition) is 7. The van der Waals surface area contributed by atoms with Crippen LogP contribution in [0.4, 0.5) is 27.5 Å². The van der Waals surface area contributed by atoms with E-state index in [1.807, 2.05) is 6.07 Å². The van der Waals surface area contributed by atoms with Crippen molar-refractivity contribution in [1.82, 2.24) is 15.3 Å². The Balaban J connectivity index is 1.59. The Labute approximate surface area is 171 Å². The molecule has 2 heterocycles. The standard InChI is InChI=1S/C19H17FN6O3S/c20-16-10-23-19(25-12-2-1-3-14(8-12)30(21,28)29)26-17(16)24-13-5-4-11-6-7-22-18(27)15(11)9-13/h1-5,8-10H,6-7H2,(H,22,27)(H2,21,28,29)(H2,23,24,25,26). The van der Waals surface area contributed by atoms with Crippen LogP contribution in [0.5, 0.6) is 0 Å². The summed E-state index contributed by atoms with van der Waals surface area (Å²) in [6, 6.07) is 10.9. The van der Waals surface area contributed by atoms with Gasteiger partial charge in [-0.25, -0.2) is 22.9 Å². The van der Waals surface area contributed by atoms with E-state index in [9.17, 15) is 17.6 Å². The summed E-state index contributed by atoms with van der Waals surface area (Å²) in [5.74, 6) is -0.936. The largest absolute Gasteiger partial charge is 0.352 e.